The first kappa shape index (κ1) is 22.7. The van der Waals surface area contributed by atoms with Crippen LogP contribution >= 0.6 is 11.8 Å². The van der Waals surface area contributed by atoms with Crippen LogP contribution in [0.15, 0.2) is 53.7 Å². The molecule has 0 saturated carbocycles. The van der Waals surface area contributed by atoms with E-state index in [9.17, 15) is 4.79 Å². The van der Waals surface area contributed by atoms with Crippen molar-refractivity contribution in [2.24, 2.45) is 0 Å². The zero-order valence-corrected chi connectivity index (χ0v) is 19.1. The van der Waals surface area contributed by atoms with Gasteiger partial charge in [0, 0.05) is 12.2 Å². The molecular weight excluding hydrogens is 412 g/mol. The summed E-state index contributed by atoms with van der Waals surface area (Å²) in [7, 11) is 0. The number of aryl methyl sites for hydroxylation is 1. The number of nitrogens with zero attached hydrogens (tertiary/aromatic N) is 3. The van der Waals surface area contributed by atoms with Gasteiger partial charge in [-0.2, -0.15) is 0 Å². The number of nitrogens with one attached hydrogen (secondary N) is 1. The molecule has 2 aromatic carbocycles. The van der Waals surface area contributed by atoms with Gasteiger partial charge in [-0.05, 0) is 64.1 Å². The highest BCUT2D eigenvalue weighted by atomic mass is 32.2. The molecule has 0 spiro atoms. The van der Waals surface area contributed by atoms with E-state index in [0.29, 0.717) is 18.3 Å². The van der Waals surface area contributed by atoms with Crippen molar-refractivity contribution in [2.45, 2.75) is 45.5 Å². The molecular formula is C23H28N4O3S. The number of hydrogen-bond donors (Lipinski definition) is 1. The highest BCUT2D eigenvalue weighted by molar-refractivity contribution is 7.99. The molecule has 0 saturated heterocycles. The Kier molecular flexibility index (Phi) is 7.94. The molecule has 1 unspecified atom stereocenters. The number of anilines is 1. The van der Waals surface area contributed by atoms with E-state index >= 15 is 0 Å². The van der Waals surface area contributed by atoms with Crippen LogP contribution in [0.3, 0.4) is 0 Å². The lowest BCUT2D eigenvalue weighted by Crippen LogP contribution is -2.15. The van der Waals surface area contributed by atoms with Crippen molar-refractivity contribution in [3.63, 3.8) is 0 Å². The maximum absolute atomic E-state index is 12.4. The van der Waals surface area contributed by atoms with Crippen molar-refractivity contribution in [3.8, 4) is 11.5 Å². The predicted octanol–water partition coefficient (Wildman–Crippen LogP) is 4.88. The maximum Gasteiger partial charge on any atom is 0.234 e. The van der Waals surface area contributed by atoms with E-state index in [2.05, 4.69) is 15.5 Å². The first-order valence-corrected chi connectivity index (χ1v) is 11.3. The molecule has 0 fully saturated rings. The van der Waals surface area contributed by atoms with Gasteiger partial charge in [-0.3, -0.25) is 4.79 Å². The topological polar surface area (TPSA) is 78.3 Å². The number of hydrogen-bond acceptors (Lipinski definition) is 6. The number of rotatable bonds is 10. The lowest BCUT2D eigenvalue weighted by Gasteiger charge is -2.15. The van der Waals surface area contributed by atoms with Crippen LogP contribution in [0.25, 0.3) is 0 Å². The molecule has 31 heavy (non-hydrogen) atoms. The van der Waals surface area contributed by atoms with Crippen LogP contribution < -0.4 is 14.8 Å². The zero-order chi connectivity index (χ0) is 22.2. The number of carbonyl (C=O) groups is 1. The van der Waals surface area contributed by atoms with Crippen LogP contribution in [0.2, 0.25) is 0 Å². The smallest absolute Gasteiger partial charge is 0.234 e. The monoisotopic (exact) mass is 440 g/mol. The average molecular weight is 441 g/mol. The van der Waals surface area contributed by atoms with Gasteiger partial charge in [-0.15, -0.1) is 10.2 Å². The van der Waals surface area contributed by atoms with Crippen LogP contribution in [0.4, 0.5) is 5.69 Å². The summed E-state index contributed by atoms with van der Waals surface area (Å²) in [4.78, 5) is 12.4. The van der Waals surface area contributed by atoms with Crippen molar-refractivity contribution >= 4 is 23.4 Å². The second-order valence-corrected chi connectivity index (χ2v) is 7.89. The molecule has 0 bridgehead atoms. The minimum Gasteiger partial charge on any atom is -0.494 e. The molecule has 1 N–H and O–H groups in total. The molecule has 0 aliphatic heterocycles. The molecule has 8 heteroatoms. The molecule has 0 aliphatic rings. The van der Waals surface area contributed by atoms with E-state index in [4.69, 9.17) is 9.47 Å². The number of aromatic nitrogens is 3. The second-order valence-electron chi connectivity index (χ2n) is 6.95. The van der Waals surface area contributed by atoms with Crippen molar-refractivity contribution in [1.29, 1.82) is 0 Å². The fraction of sp³-hybridized carbons (Fsp3) is 0.348. The van der Waals surface area contributed by atoms with Crippen molar-refractivity contribution in [1.82, 2.24) is 14.8 Å². The zero-order valence-electron chi connectivity index (χ0n) is 18.3. The van der Waals surface area contributed by atoms with Gasteiger partial charge in [0.25, 0.3) is 0 Å². The maximum atomic E-state index is 12.4. The van der Waals surface area contributed by atoms with Gasteiger partial charge in [-0.1, -0.05) is 29.5 Å². The third kappa shape index (κ3) is 6.24. The number of carbonyl (C=O) groups excluding carboxylic acids is 1. The Morgan fingerprint density at radius 1 is 1.06 bits per heavy atom. The molecule has 1 aromatic heterocycles. The summed E-state index contributed by atoms with van der Waals surface area (Å²) in [6.45, 7) is 9.24. The summed E-state index contributed by atoms with van der Waals surface area (Å²) in [6.07, 6.45) is -0.262. The van der Waals surface area contributed by atoms with E-state index in [1.807, 2.05) is 80.8 Å². The summed E-state index contributed by atoms with van der Waals surface area (Å²) >= 11 is 1.35. The quantitative estimate of drug-likeness (QED) is 0.453. The summed E-state index contributed by atoms with van der Waals surface area (Å²) in [5.41, 5.74) is 1.91. The van der Waals surface area contributed by atoms with E-state index in [1.54, 1.807) is 0 Å². The summed E-state index contributed by atoms with van der Waals surface area (Å²) in [5, 5.41) is 12.2. The van der Waals surface area contributed by atoms with E-state index in [0.717, 1.165) is 23.0 Å². The lowest BCUT2D eigenvalue weighted by molar-refractivity contribution is -0.113. The van der Waals surface area contributed by atoms with Gasteiger partial charge in [-0.25, -0.2) is 0 Å². The van der Waals surface area contributed by atoms with Gasteiger partial charge in [0.2, 0.25) is 5.91 Å². The Morgan fingerprint density at radius 2 is 1.74 bits per heavy atom. The number of benzene rings is 2. The Hall–Kier alpha value is -3.00. The standard InChI is InChI=1S/C23H28N4O3S/c1-5-27-22(17(4)30-20-11-7-16(3)8-12-20)25-26-23(27)31-15-21(28)24-18-9-13-19(14-10-18)29-6-2/h7-14,17H,5-6,15H2,1-4H3,(H,24,28). The first-order chi connectivity index (χ1) is 15.0. The van der Waals surface area contributed by atoms with E-state index in [1.165, 1.54) is 17.3 Å². The fourth-order valence-corrected chi connectivity index (χ4v) is 3.82. The minimum atomic E-state index is -0.262. The van der Waals surface area contributed by atoms with Crippen molar-refractivity contribution in [2.75, 3.05) is 17.7 Å². The van der Waals surface area contributed by atoms with Crippen molar-refractivity contribution in [3.05, 3.63) is 59.9 Å². The highest BCUT2D eigenvalue weighted by Crippen LogP contribution is 2.25. The minimum absolute atomic E-state index is 0.106. The van der Waals surface area contributed by atoms with Crippen LogP contribution in [-0.2, 0) is 11.3 Å². The van der Waals surface area contributed by atoms with Gasteiger partial charge in [0.05, 0.1) is 12.4 Å². The molecule has 1 atom stereocenters. The van der Waals surface area contributed by atoms with Gasteiger partial charge in [0.15, 0.2) is 17.1 Å². The molecule has 3 aromatic rings. The number of ether oxygens (including phenoxy) is 2. The molecule has 0 aliphatic carbocycles. The second kappa shape index (κ2) is 10.9. The van der Waals surface area contributed by atoms with Crippen LogP contribution in [-0.4, -0.2) is 33.0 Å². The number of amides is 1. The van der Waals surface area contributed by atoms with E-state index < -0.39 is 0 Å². The third-order valence-electron chi connectivity index (χ3n) is 4.54. The normalized spacial score (nSPS) is 11.7. The number of thioether (sulfide) groups is 1. The van der Waals surface area contributed by atoms with Crippen molar-refractivity contribution < 1.29 is 14.3 Å². The summed E-state index contributed by atoms with van der Waals surface area (Å²) < 4.78 is 13.4. The molecule has 3 rings (SSSR count). The predicted molar refractivity (Wildman–Crippen MR) is 123 cm³/mol. The fourth-order valence-electron chi connectivity index (χ4n) is 3.01. The summed E-state index contributed by atoms with van der Waals surface area (Å²) in [6, 6.07) is 15.2. The molecule has 1 amide bonds. The highest BCUT2D eigenvalue weighted by Gasteiger charge is 2.19. The van der Waals surface area contributed by atoms with Crippen LogP contribution in [0.1, 0.15) is 38.3 Å². The summed E-state index contributed by atoms with van der Waals surface area (Å²) in [5.74, 6) is 2.43. The first-order valence-electron chi connectivity index (χ1n) is 10.3. The van der Waals surface area contributed by atoms with Gasteiger partial charge < -0.3 is 19.4 Å². The lowest BCUT2D eigenvalue weighted by atomic mass is 10.2. The van der Waals surface area contributed by atoms with Crippen LogP contribution in [0, 0.1) is 6.92 Å². The molecule has 164 valence electrons. The Bertz CT molecular complexity index is 987. The SMILES string of the molecule is CCOc1ccc(NC(=O)CSc2nnc(C(C)Oc3ccc(C)cc3)n2CC)cc1. The van der Waals surface area contributed by atoms with Gasteiger partial charge >= 0.3 is 0 Å². The molecule has 0 radical (unpaired) electrons. The Labute approximate surface area is 187 Å². The molecule has 7 nitrogen and oxygen atoms in total. The average Bonchev–Trinajstić information content (AvgIpc) is 3.18. The Morgan fingerprint density at radius 3 is 2.39 bits per heavy atom. The third-order valence-corrected chi connectivity index (χ3v) is 5.51. The van der Waals surface area contributed by atoms with Crippen LogP contribution in [0.5, 0.6) is 11.5 Å². The molecule has 1 heterocycles. The van der Waals surface area contributed by atoms with E-state index in [-0.39, 0.29) is 17.8 Å². The Balaban J connectivity index is 1.58. The largest absolute Gasteiger partial charge is 0.494 e. The van der Waals surface area contributed by atoms with Gasteiger partial charge in [0.1, 0.15) is 11.5 Å².